The van der Waals surface area contributed by atoms with E-state index in [0.717, 1.165) is 28.0 Å². The smallest absolute Gasteiger partial charge is 0.162 e. The van der Waals surface area contributed by atoms with Crippen molar-refractivity contribution in [3.05, 3.63) is 79.1 Å². The lowest BCUT2D eigenvalue weighted by Crippen LogP contribution is -2.13. The molecule has 26 heavy (non-hydrogen) atoms. The summed E-state index contributed by atoms with van der Waals surface area (Å²) in [5.41, 5.74) is 1.84. The second kappa shape index (κ2) is 7.61. The van der Waals surface area contributed by atoms with E-state index < -0.39 is 0 Å². The Hall–Kier alpha value is -3.47. The third kappa shape index (κ3) is 3.62. The Kier molecular flexibility index (Phi) is 4.69. The summed E-state index contributed by atoms with van der Waals surface area (Å²) in [4.78, 5) is 13.4. The minimum Gasteiger partial charge on any atom is -0.492 e. The Labute approximate surface area is 151 Å². The number of aromatic nitrogens is 3. The second-order valence-electron chi connectivity index (χ2n) is 5.74. The number of hydrogen-bond acceptors (Lipinski definition) is 5. The number of anilines is 1. The molecule has 0 aliphatic rings. The van der Waals surface area contributed by atoms with Crippen LogP contribution in [0.5, 0.6) is 5.75 Å². The lowest BCUT2D eigenvalue weighted by atomic mass is 10.2. The topological polar surface area (TPSA) is 59.9 Å². The molecule has 0 aliphatic carbocycles. The van der Waals surface area contributed by atoms with E-state index in [1.165, 1.54) is 0 Å². The first-order valence-electron chi connectivity index (χ1n) is 8.49. The second-order valence-corrected chi connectivity index (χ2v) is 5.74. The van der Waals surface area contributed by atoms with Gasteiger partial charge in [0.25, 0.3) is 0 Å². The highest BCUT2D eigenvalue weighted by atomic mass is 16.5. The number of para-hydroxylation sites is 2. The van der Waals surface area contributed by atoms with Crippen molar-refractivity contribution >= 4 is 16.7 Å². The number of nitrogens with zero attached hydrogens (tertiary/aromatic N) is 3. The van der Waals surface area contributed by atoms with E-state index >= 15 is 0 Å². The summed E-state index contributed by atoms with van der Waals surface area (Å²) in [7, 11) is 0. The zero-order chi connectivity index (χ0) is 17.6. The van der Waals surface area contributed by atoms with Crippen LogP contribution in [0.25, 0.3) is 22.3 Å². The van der Waals surface area contributed by atoms with E-state index in [1.54, 1.807) is 12.4 Å². The van der Waals surface area contributed by atoms with Crippen molar-refractivity contribution in [3.8, 4) is 17.1 Å². The minimum atomic E-state index is 0.549. The first-order chi connectivity index (χ1) is 12.9. The van der Waals surface area contributed by atoms with Crippen LogP contribution in [-0.2, 0) is 0 Å². The predicted molar refractivity (Wildman–Crippen MR) is 103 cm³/mol. The molecule has 0 bridgehead atoms. The van der Waals surface area contributed by atoms with Gasteiger partial charge in [-0.25, -0.2) is 9.97 Å². The van der Waals surface area contributed by atoms with Gasteiger partial charge in [0.05, 0.1) is 12.1 Å². The molecule has 0 saturated carbocycles. The lowest BCUT2D eigenvalue weighted by Gasteiger charge is -2.11. The summed E-state index contributed by atoms with van der Waals surface area (Å²) < 4.78 is 5.74. The van der Waals surface area contributed by atoms with Crippen LogP contribution >= 0.6 is 0 Å². The van der Waals surface area contributed by atoms with Gasteiger partial charge in [0.15, 0.2) is 5.82 Å². The van der Waals surface area contributed by atoms with Gasteiger partial charge in [0.2, 0.25) is 0 Å². The fourth-order valence-electron chi connectivity index (χ4n) is 2.70. The number of ether oxygens (including phenoxy) is 1. The third-order valence-electron chi connectivity index (χ3n) is 3.95. The number of rotatable bonds is 6. The largest absolute Gasteiger partial charge is 0.492 e. The average Bonchev–Trinajstić information content (AvgIpc) is 2.72. The molecule has 1 N–H and O–H groups in total. The van der Waals surface area contributed by atoms with Crippen molar-refractivity contribution < 1.29 is 4.74 Å². The molecule has 128 valence electrons. The van der Waals surface area contributed by atoms with Gasteiger partial charge in [-0.3, -0.25) is 4.98 Å². The van der Waals surface area contributed by atoms with Gasteiger partial charge in [0, 0.05) is 23.3 Å². The average molecular weight is 342 g/mol. The van der Waals surface area contributed by atoms with Crippen molar-refractivity contribution in [2.45, 2.75) is 0 Å². The van der Waals surface area contributed by atoms with E-state index in [4.69, 9.17) is 9.72 Å². The molecule has 5 heteroatoms. The van der Waals surface area contributed by atoms with Crippen molar-refractivity contribution in [1.29, 1.82) is 0 Å². The van der Waals surface area contributed by atoms with Crippen molar-refractivity contribution in [2.24, 2.45) is 0 Å². The highest BCUT2D eigenvalue weighted by Gasteiger charge is 2.09. The molecule has 2 heterocycles. The van der Waals surface area contributed by atoms with E-state index in [0.29, 0.717) is 19.0 Å². The molecule has 0 spiro atoms. The van der Waals surface area contributed by atoms with Gasteiger partial charge in [-0.15, -0.1) is 0 Å². The Balaban J connectivity index is 1.55. The molecular weight excluding hydrogens is 324 g/mol. The third-order valence-corrected chi connectivity index (χ3v) is 3.95. The van der Waals surface area contributed by atoms with Crippen LogP contribution in [0.1, 0.15) is 0 Å². The summed E-state index contributed by atoms with van der Waals surface area (Å²) in [6, 6.07) is 21.6. The molecule has 4 aromatic rings. The minimum absolute atomic E-state index is 0.549. The Bertz CT molecular complexity index is 990. The maximum atomic E-state index is 5.74. The van der Waals surface area contributed by atoms with Crippen LogP contribution in [0.4, 0.5) is 5.82 Å². The predicted octanol–water partition coefficient (Wildman–Crippen LogP) is 4.18. The summed E-state index contributed by atoms with van der Waals surface area (Å²) in [6.45, 7) is 1.19. The zero-order valence-corrected chi connectivity index (χ0v) is 14.2. The van der Waals surface area contributed by atoms with Gasteiger partial charge in [-0.1, -0.05) is 30.3 Å². The Morgan fingerprint density at radius 1 is 0.808 bits per heavy atom. The molecule has 0 amide bonds. The monoisotopic (exact) mass is 342 g/mol. The molecule has 0 aliphatic heterocycles. The van der Waals surface area contributed by atoms with E-state index in [-0.39, 0.29) is 0 Å². The fraction of sp³-hybridized carbons (Fsp3) is 0.0952. The molecule has 0 atom stereocenters. The van der Waals surface area contributed by atoms with Crippen molar-refractivity contribution in [2.75, 3.05) is 18.5 Å². The summed E-state index contributed by atoms with van der Waals surface area (Å²) >= 11 is 0. The quantitative estimate of drug-likeness (QED) is 0.533. The number of benzene rings is 2. The van der Waals surface area contributed by atoms with Gasteiger partial charge < -0.3 is 10.1 Å². The number of nitrogens with one attached hydrogen (secondary N) is 1. The van der Waals surface area contributed by atoms with Gasteiger partial charge >= 0.3 is 0 Å². The van der Waals surface area contributed by atoms with Gasteiger partial charge in [-0.05, 0) is 36.4 Å². The standard InChI is InChI=1S/C21H18N4O/c1-2-6-17(7-3-1)26-15-14-23-21-18-8-4-5-9-19(18)24-20(25-21)16-10-12-22-13-11-16/h1-13H,14-15H2,(H,23,24,25). The highest BCUT2D eigenvalue weighted by molar-refractivity contribution is 5.90. The van der Waals surface area contributed by atoms with E-state index in [2.05, 4.69) is 15.3 Å². The molecule has 0 fully saturated rings. The maximum absolute atomic E-state index is 5.74. The Morgan fingerprint density at radius 2 is 1.58 bits per heavy atom. The van der Waals surface area contributed by atoms with Gasteiger partial charge in [0.1, 0.15) is 18.2 Å². The molecule has 2 aromatic carbocycles. The maximum Gasteiger partial charge on any atom is 0.162 e. The number of fused-ring (bicyclic) bond motifs is 1. The molecular formula is C21H18N4O. The summed E-state index contributed by atoms with van der Waals surface area (Å²) in [5.74, 6) is 2.34. The SMILES string of the molecule is c1ccc(OCCNc2nc(-c3ccncc3)nc3ccccc23)cc1. The van der Waals surface area contributed by atoms with E-state index in [9.17, 15) is 0 Å². The lowest BCUT2D eigenvalue weighted by molar-refractivity contribution is 0.333. The fourth-order valence-corrected chi connectivity index (χ4v) is 2.70. The van der Waals surface area contributed by atoms with Crippen LogP contribution < -0.4 is 10.1 Å². The van der Waals surface area contributed by atoms with Crippen molar-refractivity contribution in [3.63, 3.8) is 0 Å². The van der Waals surface area contributed by atoms with Crippen LogP contribution in [0.15, 0.2) is 79.1 Å². The molecule has 0 unspecified atom stereocenters. The molecule has 4 rings (SSSR count). The highest BCUT2D eigenvalue weighted by Crippen LogP contribution is 2.24. The molecule has 0 radical (unpaired) electrons. The molecule has 5 nitrogen and oxygen atoms in total. The summed E-state index contributed by atoms with van der Waals surface area (Å²) in [5, 5.41) is 4.37. The number of hydrogen-bond donors (Lipinski definition) is 1. The van der Waals surface area contributed by atoms with Gasteiger partial charge in [-0.2, -0.15) is 0 Å². The molecule has 2 aromatic heterocycles. The van der Waals surface area contributed by atoms with Crippen LogP contribution in [0, 0.1) is 0 Å². The van der Waals surface area contributed by atoms with Crippen molar-refractivity contribution in [1.82, 2.24) is 15.0 Å². The van der Waals surface area contributed by atoms with E-state index in [1.807, 2.05) is 66.7 Å². The molecule has 0 saturated heterocycles. The summed E-state index contributed by atoms with van der Waals surface area (Å²) in [6.07, 6.45) is 3.49. The first kappa shape index (κ1) is 16.0. The first-order valence-corrected chi connectivity index (χ1v) is 8.49. The van der Waals surface area contributed by atoms with Crippen LogP contribution in [-0.4, -0.2) is 28.1 Å². The Morgan fingerprint density at radius 3 is 2.42 bits per heavy atom. The normalized spacial score (nSPS) is 10.6. The van der Waals surface area contributed by atoms with Crippen LogP contribution in [0.2, 0.25) is 0 Å². The van der Waals surface area contributed by atoms with Crippen LogP contribution in [0.3, 0.4) is 0 Å². The zero-order valence-electron chi connectivity index (χ0n) is 14.2. The number of pyridine rings is 1.